The van der Waals surface area contributed by atoms with Crippen molar-refractivity contribution in [1.29, 1.82) is 5.26 Å². The van der Waals surface area contributed by atoms with Crippen LogP contribution in [0, 0.1) is 23.0 Å². The molecule has 0 aliphatic carbocycles. The van der Waals surface area contributed by atoms with E-state index < -0.39 is 23.2 Å². The highest BCUT2D eigenvalue weighted by atomic mass is 35.5. The molecule has 8 nitrogen and oxygen atoms in total. The number of nitrogens with one attached hydrogen (secondary N) is 1. The number of hydrogen-bond donors (Lipinski definition) is 2. The SMILES string of the molecule is C[C@@H](Nc1nc(N)ncc1C#N)c1nc2cccc(Cl)c2c(=O)n1-c1ccc(F)c(F)c1. The highest BCUT2D eigenvalue weighted by Crippen LogP contribution is 2.25. The quantitative estimate of drug-likeness (QED) is 0.482. The standard InChI is InChI=1S/C21H14ClF2N7O/c1-10(28-18-11(8-25)9-27-21(26)30-18)19-29-16-4-2-3-13(22)17(16)20(32)31(19)12-5-6-14(23)15(24)7-12/h2-7,9-10H,1H3,(H3,26,27,28,30)/t10-/m1/s1. The van der Waals surface area contributed by atoms with Crippen LogP contribution in [0.4, 0.5) is 20.5 Å². The molecule has 0 unspecified atom stereocenters. The maximum absolute atomic E-state index is 14.0. The van der Waals surface area contributed by atoms with Crippen LogP contribution >= 0.6 is 11.6 Å². The van der Waals surface area contributed by atoms with Crippen molar-refractivity contribution in [3.63, 3.8) is 0 Å². The van der Waals surface area contributed by atoms with Crippen LogP contribution in [0.5, 0.6) is 0 Å². The zero-order chi connectivity index (χ0) is 23.0. The maximum Gasteiger partial charge on any atom is 0.267 e. The fourth-order valence-corrected chi connectivity index (χ4v) is 3.48. The number of nitrogen functional groups attached to an aromatic ring is 1. The Balaban J connectivity index is 1.96. The second-order valence-electron chi connectivity index (χ2n) is 6.81. The highest BCUT2D eigenvalue weighted by Gasteiger charge is 2.21. The first-order chi connectivity index (χ1) is 15.3. The van der Waals surface area contributed by atoms with E-state index in [1.54, 1.807) is 19.1 Å². The molecule has 11 heteroatoms. The van der Waals surface area contributed by atoms with Gasteiger partial charge in [-0.2, -0.15) is 10.2 Å². The lowest BCUT2D eigenvalue weighted by Crippen LogP contribution is -2.28. The molecule has 4 aromatic rings. The van der Waals surface area contributed by atoms with Gasteiger partial charge in [0.2, 0.25) is 5.95 Å². The molecule has 1 atom stereocenters. The number of aromatic nitrogens is 4. The lowest BCUT2D eigenvalue weighted by molar-refractivity contribution is 0.507. The van der Waals surface area contributed by atoms with Gasteiger partial charge in [-0.15, -0.1) is 0 Å². The Morgan fingerprint density at radius 3 is 2.72 bits per heavy atom. The molecule has 0 fully saturated rings. The zero-order valence-electron chi connectivity index (χ0n) is 16.5. The minimum atomic E-state index is -1.13. The summed E-state index contributed by atoms with van der Waals surface area (Å²) in [5.41, 5.74) is 5.54. The first-order valence-corrected chi connectivity index (χ1v) is 9.63. The highest BCUT2D eigenvalue weighted by molar-refractivity contribution is 6.35. The van der Waals surface area contributed by atoms with Crippen LogP contribution in [0.3, 0.4) is 0 Å². The summed E-state index contributed by atoms with van der Waals surface area (Å²) in [4.78, 5) is 25.7. The van der Waals surface area contributed by atoms with E-state index in [9.17, 15) is 18.8 Å². The van der Waals surface area contributed by atoms with Crippen molar-refractivity contribution in [2.75, 3.05) is 11.1 Å². The minimum absolute atomic E-state index is 0.0505. The predicted octanol–water partition coefficient (Wildman–Crippen LogP) is 3.73. The van der Waals surface area contributed by atoms with Gasteiger partial charge >= 0.3 is 0 Å². The number of nitrogens with two attached hydrogens (primary N) is 1. The first-order valence-electron chi connectivity index (χ1n) is 9.26. The first kappa shape index (κ1) is 21.1. The van der Waals surface area contributed by atoms with Crippen LogP contribution in [0.2, 0.25) is 5.02 Å². The van der Waals surface area contributed by atoms with Crippen LogP contribution in [0.25, 0.3) is 16.6 Å². The summed E-state index contributed by atoms with van der Waals surface area (Å²) in [7, 11) is 0. The van der Waals surface area contributed by atoms with Gasteiger partial charge in [-0.1, -0.05) is 17.7 Å². The molecule has 2 aromatic carbocycles. The summed E-state index contributed by atoms with van der Waals surface area (Å²) in [5.74, 6) is -1.97. The lowest BCUT2D eigenvalue weighted by atomic mass is 10.2. The fourth-order valence-electron chi connectivity index (χ4n) is 3.23. The van der Waals surface area contributed by atoms with Crippen LogP contribution in [-0.2, 0) is 0 Å². The Hall–Kier alpha value is -4.10. The zero-order valence-corrected chi connectivity index (χ0v) is 17.2. The molecule has 32 heavy (non-hydrogen) atoms. The molecule has 4 rings (SSSR count). The molecular formula is C21H14ClF2N7O. The molecule has 0 amide bonds. The Kier molecular flexibility index (Phi) is 5.42. The number of halogens is 3. The van der Waals surface area contributed by atoms with Crippen molar-refractivity contribution in [3.8, 4) is 11.8 Å². The maximum atomic E-state index is 14.0. The largest absolute Gasteiger partial charge is 0.368 e. The van der Waals surface area contributed by atoms with Gasteiger partial charge in [0.25, 0.3) is 5.56 Å². The molecule has 0 saturated carbocycles. The molecule has 0 bridgehead atoms. The van der Waals surface area contributed by atoms with E-state index >= 15 is 0 Å². The van der Waals surface area contributed by atoms with Gasteiger partial charge in [0, 0.05) is 6.07 Å². The van der Waals surface area contributed by atoms with Crippen molar-refractivity contribution in [3.05, 3.63) is 81.0 Å². The van der Waals surface area contributed by atoms with E-state index in [4.69, 9.17) is 17.3 Å². The molecule has 0 saturated heterocycles. The summed E-state index contributed by atoms with van der Waals surface area (Å²) in [5, 5.41) is 12.6. The smallest absolute Gasteiger partial charge is 0.267 e. The fraction of sp³-hybridized carbons (Fsp3) is 0.0952. The number of nitrogens with zero attached hydrogens (tertiary/aromatic N) is 5. The van der Waals surface area contributed by atoms with Crippen LogP contribution in [-0.4, -0.2) is 19.5 Å². The molecule has 0 aliphatic heterocycles. The second kappa shape index (κ2) is 8.20. The molecule has 0 aliphatic rings. The lowest BCUT2D eigenvalue weighted by Gasteiger charge is -2.20. The molecular weight excluding hydrogens is 440 g/mol. The van der Waals surface area contributed by atoms with Gasteiger partial charge in [0.15, 0.2) is 11.6 Å². The molecule has 0 spiro atoms. The third kappa shape index (κ3) is 3.70. The topological polar surface area (TPSA) is 123 Å². The summed E-state index contributed by atoms with van der Waals surface area (Å²) in [6.07, 6.45) is 1.26. The number of nitriles is 1. The Morgan fingerprint density at radius 1 is 1.22 bits per heavy atom. The third-order valence-electron chi connectivity index (χ3n) is 4.70. The summed E-state index contributed by atoms with van der Waals surface area (Å²) < 4.78 is 28.7. The molecule has 0 radical (unpaired) electrons. The predicted molar refractivity (Wildman–Crippen MR) is 115 cm³/mol. The van der Waals surface area contributed by atoms with Crippen LogP contribution in [0.15, 0.2) is 47.4 Å². The normalized spacial score (nSPS) is 11.8. The van der Waals surface area contributed by atoms with E-state index in [0.717, 1.165) is 16.7 Å². The summed E-state index contributed by atoms with van der Waals surface area (Å²) in [6, 6.07) is 9.06. The second-order valence-corrected chi connectivity index (χ2v) is 7.22. The van der Waals surface area contributed by atoms with Crippen molar-refractivity contribution in [2.45, 2.75) is 13.0 Å². The van der Waals surface area contributed by atoms with Gasteiger partial charge < -0.3 is 11.1 Å². The molecule has 2 aromatic heterocycles. The van der Waals surface area contributed by atoms with Crippen LogP contribution < -0.4 is 16.6 Å². The van der Waals surface area contributed by atoms with Gasteiger partial charge in [0.05, 0.1) is 33.9 Å². The Bertz CT molecular complexity index is 1470. The van der Waals surface area contributed by atoms with Crippen molar-refractivity contribution in [2.24, 2.45) is 0 Å². The summed E-state index contributed by atoms with van der Waals surface area (Å²) in [6.45, 7) is 1.66. The van der Waals surface area contributed by atoms with Gasteiger partial charge in [-0.25, -0.2) is 18.7 Å². The average molecular weight is 454 g/mol. The number of fused-ring (bicyclic) bond motifs is 1. The van der Waals surface area contributed by atoms with E-state index in [0.29, 0.717) is 5.52 Å². The Morgan fingerprint density at radius 2 is 2.00 bits per heavy atom. The van der Waals surface area contributed by atoms with E-state index in [-0.39, 0.29) is 39.3 Å². The van der Waals surface area contributed by atoms with E-state index in [2.05, 4.69) is 20.3 Å². The van der Waals surface area contributed by atoms with Gasteiger partial charge in [0.1, 0.15) is 23.3 Å². The minimum Gasteiger partial charge on any atom is -0.368 e. The van der Waals surface area contributed by atoms with Crippen molar-refractivity contribution >= 4 is 34.3 Å². The number of anilines is 2. The number of benzene rings is 2. The number of rotatable bonds is 4. The third-order valence-corrected chi connectivity index (χ3v) is 5.02. The average Bonchev–Trinajstić information content (AvgIpc) is 2.76. The van der Waals surface area contributed by atoms with Gasteiger partial charge in [-0.3, -0.25) is 9.36 Å². The van der Waals surface area contributed by atoms with E-state index in [1.807, 2.05) is 6.07 Å². The monoisotopic (exact) mass is 453 g/mol. The molecule has 2 heterocycles. The molecule has 160 valence electrons. The summed E-state index contributed by atoms with van der Waals surface area (Å²) >= 11 is 6.23. The molecule has 3 N–H and O–H groups in total. The van der Waals surface area contributed by atoms with Gasteiger partial charge in [-0.05, 0) is 31.2 Å². The van der Waals surface area contributed by atoms with Crippen LogP contribution in [0.1, 0.15) is 24.4 Å². The van der Waals surface area contributed by atoms with E-state index in [1.165, 1.54) is 18.3 Å². The van der Waals surface area contributed by atoms with Crippen molar-refractivity contribution < 1.29 is 8.78 Å². The Labute approximate surface area is 184 Å². The van der Waals surface area contributed by atoms with Crippen molar-refractivity contribution in [1.82, 2.24) is 19.5 Å². The number of hydrogen-bond acceptors (Lipinski definition) is 7.